The van der Waals surface area contributed by atoms with E-state index in [2.05, 4.69) is 0 Å². The third kappa shape index (κ3) is 6.57. The number of ketones is 1. The van der Waals surface area contributed by atoms with Gasteiger partial charge in [0.05, 0.1) is 19.8 Å². The fourth-order valence-electron chi connectivity index (χ4n) is 6.45. The van der Waals surface area contributed by atoms with E-state index < -0.39 is 35.2 Å². The first-order valence-electron chi connectivity index (χ1n) is 15.3. The van der Waals surface area contributed by atoms with Gasteiger partial charge in [-0.1, -0.05) is 72.8 Å². The molecule has 7 nitrogen and oxygen atoms in total. The summed E-state index contributed by atoms with van der Waals surface area (Å²) in [7, 11) is 3.83. The number of esters is 2. The van der Waals surface area contributed by atoms with E-state index in [9.17, 15) is 27.6 Å². The van der Waals surface area contributed by atoms with Gasteiger partial charge in [0.25, 0.3) is 0 Å². The number of fused-ring (bicyclic) bond motifs is 1. The molecule has 10 heteroatoms. The van der Waals surface area contributed by atoms with Gasteiger partial charge in [-0.2, -0.15) is 13.2 Å². The Bertz CT molecular complexity index is 1820. The highest BCUT2D eigenvalue weighted by Crippen LogP contribution is 2.54. The fraction of sp³-hybridized carbons (Fsp3) is 0.289. The highest BCUT2D eigenvalue weighted by Gasteiger charge is 2.54. The van der Waals surface area contributed by atoms with Gasteiger partial charge in [0.2, 0.25) is 0 Å². The molecule has 1 aromatic heterocycles. The van der Waals surface area contributed by atoms with Crippen molar-refractivity contribution in [3.8, 4) is 11.3 Å². The molecule has 0 saturated heterocycles. The minimum absolute atomic E-state index is 0.0120. The number of furan rings is 1. The number of halogens is 3. The minimum atomic E-state index is -4.65. The van der Waals surface area contributed by atoms with E-state index in [-0.39, 0.29) is 42.8 Å². The lowest BCUT2D eigenvalue weighted by Crippen LogP contribution is -2.45. The lowest BCUT2D eigenvalue weighted by atomic mass is 9.68. The third-order valence-electron chi connectivity index (χ3n) is 8.68. The first-order valence-corrected chi connectivity index (χ1v) is 15.3. The van der Waals surface area contributed by atoms with Crippen molar-refractivity contribution in [3.05, 3.63) is 119 Å². The summed E-state index contributed by atoms with van der Waals surface area (Å²) in [6.07, 6.45) is -5.94. The summed E-state index contributed by atoms with van der Waals surface area (Å²) in [5, 5.41) is 0. The summed E-state index contributed by atoms with van der Waals surface area (Å²) in [5.41, 5.74) is 0.547. The second-order valence-electron chi connectivity index (χ2n) is 11.7. The van der Waals surface area contributed by atoms with Crippen LogP contribution in [0.5, 0.6) is 0 Å². The summed E-state index contributed by atoms with van der Waals surface area (Å²) in [6, 6.07) is 23.3. The number of Topliss-reactive ketones (excluding diaryl/α,β-unsaturated/α-hetero) is 1. The molecule has 1 unspecified atom stereocenters. The molecule has 1 aliphatic rings. The maximum Gasteiger partial charge on any atom is 0.416 e. The van der Waals surface area contributed by atoms with Gasteiger partial charge in [-0.05, 0) is 47.8 Å². The summed E-state index contributed by atoms with van der Waals surface area (Å²) >= 11 is 0. The van der Waals surface area contributed by atoms with Crippen molar-refractivity contribution in [3.63, 3.8) is 0 Å². The fourth-order valence-corrected chi connectivity index (χ4v) is 6.45. The molecule has 3 aromatic carbocycles. The van der Waals surface area contributed by atoms with Crippen LogP contribution in [0, 0.1) is 5.41 Å². The van der Waals surface area contributed by atoms with Crippen LogP contribution in [0.15, 0.2) is 89.3 Å². The zero-order chi connectivity index (χ0) is 34.6. The highest BCUT2D eigenvalue weighted by atomic mass is 19.4. The second kappa shape index (κ2) is 14.0. The molecule has 1 atom stereocenters. The predicted octanol–water partition coefficient (Wildman–Crippen LogP) is 8.26. The molecule has 250 valence electrons. The summed E-state index contributed by atoms with van der Waals surface area (Å²) in [5.74, 6) is -1.35. The van der Waals surface area contributed by atoms with E-state index in [0.29, 0.717) is 33.6 Å². The SMILES string of the molecule is COC(=O)C1(C(=O)OC)C/C(=C(/CCC(C)=O)c2cccc(C(F)(F)F)c2)c2c(oc(-c3ccccc3)c2C(OC)c2ccccc2)C1. The molecular weight excluding hydrogens is 625 g/mol. The molecule has 0 fully saturated rings. The van der Waals surface area contributed by atoms with Gasteiger partial charge >= 0.3 is 18.1 Å². The number of methoxy groups -OCH3 is 3. The zero-order valence-electron chi connectivity index (χ0n) is 27.0. The Balaban J connectivity index is 1.96. The Morgan fingerprint density at radius 3 is 2.02 bits per heavy atom. The van der Waals surface area contributed by atoms with Gasteiger partial charge in [0, 0.05) is 43.1 Å². The largest absolute Gasteiger partial charge is 0.468 e. The number of ether oxygens (including phenoxy) is 3. The lowest BCUT2D eigenvalue weighted by Gasteiger charge is -2.34. The number of carbonyl (C=O) groups excluding carboxylic acids is 3. The van der Waals surface area contributed by atoms with Crippen LogP contribution in [0.25, 0.3) is 22.5 Å². The Morgan fingerprint density at radius 2 is 1.46 bits per heavy atom. The normalized spacial score (nSPS) is 15.6. The van der Waals surface area contributed by atoms with Crippen LogP contribution < -0.4 is 0 Å². The number of alkyl halides is 3. The van der Waals surface area contributed by atoms with Gasteiger partial charge < -0.3 is 23.4 Å². The zero-order valence-corrected chi connectivity index (χ0v) is 27.0. The van der Waals surface area contributed by atoms with Crippen LogP contribution in [-0.2, 0) is 41.2 Å². The van der Waals surface area contributed by atoms with E-state index in [1.807, 2.05) is 60.7 Å². The topological polar surface area (TPSA) is 92.0 Å². The van der Waals surface area contributed by atoms with Crippen molar-refractivity contribution < 1.29 is 46.2 Å². The quantitative estimate of drug-likeness (QED) is 0.125. The number of carbonyl (C=O) groups is 3. The van der Waals surface area contributed by atoms with Crippen LogP contribution in [0.3, 0.4) is 0 Å². The molecule has 0 aliphatic heterocycles. The smallest absolute Gasteiger partial charge is 0.416 e. The molecule has 4 aromatic rings. The maximum absolute atomic E-state index is 14.0. The molecule has 0 spiro atoms. The number of hydrogen-bond acceptors (Lipinski definition) is 7. The molecule has 0 saturated carbocycles. The minimum Gasteiger partial charge on any atom is -0.468 e. The molecular formula is C38H35F3O7. The maximum atomic E-state index is 14.0. The molecule has 1 heterocycles. The van der Waals surface area contributed by atoms with E-state index in [4.69, 9.17) is 18.6 Å². The van der Waals surface area contributed by atoms with Crippen molar-refractivity contribution >= 4 is 28.9 Å². The Kier molecular flexibility index (Phi) is 10.0. The molecule has 48 heavy (non-hydrogen) atoms. The van der Waals surface area contributed by atoms with Crippen molar-refractivity contribution in [2.24, 2.45) is 5.41 Å². The van der Waals surface area contributed by atoms with Crippen LogP contribution in [0.4, 0.5) is 13.2 Å². The average molecular weight is 661 g/mol. The van der Waals surface area contributed by atoms with Gasteiger partial charge in [0.1, 0.15) is 23.4 Å². The summed E-state index contributed by atoms with van der Waals surface area (Å²) in [6.45, 7) is 1.39. The van der Waals surface area contributed by atoms with Gasteiger partial charge in [-0.15, -0.1) is 0 Å². The highest BCUT2D eigenvalue weighted by molar-refractivity contribution is 6.06. The van der Waals surface area contributed by atoms with Gasteiger partial charge in [-0.3, -0.25) is 9.59 Å². The number of rotatable bonds is 10. The van der Waals surface area contributed by atoms with Crippen molar-refractivity contribution in [2.75, 3.05) is 21.3 Å². The van der Waals surface area contributed by atoms with Crippen LogP contribution in [0.2, 0.25) is 0 Å². The lowest BCUT2D eigenvalue weighted by molar-refractivity contribution is -0.169. The molecule has 5 rings (SSSR count). The second-order valence-corrected chi connectivity index (χ2v) is 11.7. The van der Waals surface area contributed by atoms with Gasteiger partial charge in [-0.25, -0.2) is 0 Å². The Morgan fingerprint density at radius 1 is 0.833 bits per heavy atom. The van der Waals surface area contributed by atoms with Crippen LogP contribution in [0.1, 0.15) is 65.9 Å². The monoisotopic (exact) mass is 660 g/mol. The van der Waals surface area contributed by atoms with E-state index >= 15 is 0 Å². The average Bonchev–Trinajstić information content (AvgIpc) is 3.47. The van der Waals surface area contributed by atoms with Crippen molar-refractivity contribution in [2.45, 2.75) is 44.9 Å². The standard InChI is InChI=1S/C38H35F3O7/c1-23(42)18-19-28(26-16-11-17-27(20-26)38(39,40)41)29-21-37(35(43)46-3,36(44)47-4)22-30-31(29)32(33(45-2)24-12-7-5-8-13-24)34(48-30)25-14-9-6-10-15-25/h5-17,20,33H,18-19,21-22H2,1-4H3/b29-28+. The molecule has 0 bridgehead atoms. The Hall–Kier alpha value is -4.96. The summed E-state index contributed by atoms with van der Waals surface area (Å²) in [4.78, 5) is 39.6. The van der Waals surface area contributed by atoms with Crippen molar-refractivity contribution in [1.29, 1.82) is 0 Å². The van der Waals surface area contributed by atoms with Crippen molar-refractivity contribution in [1.82, 2.24) is 0 Å². The molecule has 1 aliphatic carbocycles. The number of allylic oxidation sites excluding steroid dienone is 2. The number of hydrogen-bond donors (Lipinski definition) is 0. The Labute approximate surface area is 276 Å². The first kappa shape index (κ1) is 34.4. The van der Waals surface area contributed by atoms with E-state index in [1.165, 1.54) is 26.2 Å². The molecule has 0 amide bonds. The summed E-state index contributed by atoms with van der Waals surface area (Å²) < 4.78 is 65.1. The molecule has 0 N–H and O–H groups in total. The first-order chi connectivity index (χ1) is 22.9. The van der Waals surface area contributed by atoms with Gasteiger partial charge in [0.15, 0.2) is 5.41 Å². The van der Waals surface area contributed by atoms with Crippen LogP contribution >= 0.6 is 0 Å². The third-order valence-corrected chi connectivity index (χ3v) is 8.68. The van der Waals surface area contributed by atoms with E-state index in [1.54, 1.807) is 0 Å². The molecule has 0 radical (unpaired) electrons. The van der Waals surface area contributed by atoms with Crippen LogP contribution in [-0.4, -0.2) is 39.1 Å². The van der Waals surface area contributed by atoms with E-state index in [0.717, 1.165) is 31.9 Å². The number of benzene rings is 3. The predicted molar refractivity (Wildman–Crippen MR) is 172 cm³/mol.